The summed E-state index contributed by atoms with van der Waals surface area (Å²) in [6.07, 6.45) is 0. The second kappa shape index (κ2) is 11.9. The predicted octanol–water partition coefficient (Wildman–Crippen LogP) is 12.7. The van der Waals surface area contributed by atoms with Crippen molar-refractivity contribution >= 4 is 65.6 Å². The van der Waals surface area contributed by atoms with Gasteiger partial charge in [-0.2, -0.15) is 0 Å². The van der Waals surface area contributed by atoms with Gasteiger partial charge in [0, 0.05) is 60.9 Å². The maximum absolute atomic E-state index is 6.41. The lowest BCUT2D eigenvalue weighted by Crippen LogP contribution is -2.01. The van der Waals surface area contributed by atoms with Gasteiger partial charge >= 0.3 is 0 Å². The second-order valence-electron chi connectivity index (χ2n) is 14.3. The Morgan fingerprint density at radius 1 is 0.357 bits per heavy atom. The highest BCUT2D eigenvalue weighted by Gasteiger charge is 2.20. The average Bonchev–Trinajstić information content (AvgIpc) is 4.03. The Balaban J connectivity index is 1.08. The average molecular weight is 718 g/mol. The highest BCUT2D eigenvalue weighted by molar-refractivity contribution is 6.17. The predicted molar refractivity (Wildman–Crippen MR) is 228 cm³/mol. The van der Waals surface area contributed by atoms with E-state index in [0.717, 1.165) is 78.0 Å². The third-order valence-electron chi connectivity index (χ3n) is 11.1. The molecule has 56 heavy (non-hydrogen) atoms. The zero-order valence-corrected chi connectivity index (χ0v) is 30.0. The van der Waals surface area contributed by atoms with Gasteiger partial charge in [-0.05, 0) is 54.6 Å². The SMILES string of the molecule is c1ccc(-c2nc(-c3ccccc3)n(-c3ccc4c5ccccc5n(-c5cccc(-n6c7ccccc7c7cc8c(cc76)oc6ccccc68)c5)c4c3)n2)cc1. The first kappa shape index (κ1) is 30.7. The topological polar surface area (TPSA) is 53.7 Å². The van der Waals surface area contributed by atoms with Crippen LogP contribution in [0.25, 0.3) is 105 Å². The molecule has 0 bridgehead atoms. The van der Waals surface area contributed by atoms with Gasteiger partial charge in [-0.25, -0.2) is 9.67 Å². The monoisotopic (exact) mass is 717 g/mol. The lowest BCUT2D eigenvalue weighted by atomic mass is 10.1. The second-order valence-corrected chi connectivity index (χ2v) is 14.3. The van der Waals surface area contributed by atoms with Crippen LogP contribution in [0.3, 0.4) is 0 Å². The van der Waals surface area contributed by atoms with Gasteiger partial charge in [0.1, 0.15) is 11.2 Å². The van der Waals surface area contributed by atoms with E-state index in [-0.39, 0.29) is 0 Å². The highest BCUT2D eigenvalue weighted by atomic mass is 16.3. The van der Waals surface area contributed by atoms with E-state index in [9.17, 15) is 0 Å². The van der Waals surface area contributed by atoms with Crippen LogP contribution >= 0.6 is 0 Å². The van der Waals surface area contributed by atoms with Crippen LogP contribution < -0.4 is 0 Å². The van der Waals surface area contributed by atoms with Crippen molar-refractivity contribution in [1.29, 1.82) is 0 Å². The molecule has 0 saturated carbocycles. The maximum atomic E-state index is 6.41. The molecule has 12 aromatic rings. The van der Waals surface area contributed by atoms with Crippen molar-refractivity contribution in [3.05, 3.63) is 188 Å². The lowest BCUT2D eigenvalue weighted by Gasteiger charge is -2.13. The molecular formula is C50H31N5O. The molecule has 8 aromatic carbocycles. The van der Waals surface area contributed by atoms with Gasteiger partial charge < -0.3 is 13.6 Å². The molecule has 0 amide bonds. The fraction of sp³-hybridized carbons (Fsp3) is 0. The minimum Gasteiger partial charge on any atom is -0.456 e. The van der Waals surface area contributed by atoms with Crippen LogP contribution in [0.2, 0.25) is 0 Å². The summed E-state index contributed by atoms with van der Waals surface area (Å²) in [5, 5.41) is 12.1. The first-order chi connectivity index (χ1) is 27.8. The van der Waals surface area contributed by atoms with Crippen molar-refractivity contribution in [3.8, 4) is 39.8 Å². The summed E-state index contributed by atoms with van der Waals surface area (Å²) in [4.78, 5) is 5.09. The van der Waals surface area contributed by atoms with Crippen LogP contribution in [0.5, 0.6) is 0 Å². The number of nitrogens with zero attached hydrogens (tertiary/aromatic N) is 5. The van der Waals surface area contributed by atoms with Crippen LogP contribution in [0.15, 0.2) is 192 Å². The molecule has 0 N–H and O–H groups in total. The Morgan fingerprint density at radius 2 is 0.946 bits per heavy atom. The number of fused-ring (bicyclic) bond motifs is 9. The number of para-hydroxylation sites is 3. The summed E-state index contributed by atoms with van der Waals surface area (Å²) >= 11 is 0. The summed E-state index contributed by atoms with van der Waals surface area (Å²) in [5.74, 6) is 1.47. The summed E-state index contributed by atoms with van der Waals surface area (Å²) in [6, 6.07) is 66.0. The van der Waals surface area contributed by atoms with Crippen LogP contribution in [-0.2, 0) is 0 Å². The molecule has 0 atom stereocenters. The molecule has 0 spiro atoms. The van der Waals surface area contributed by atoms with Crippen LogP contribution in [0, 0.1) is 0 Å². The van der Waals surface area contributed by atoms with Gasteiger partial charge in [0.25, 0.3) is 0 Å². The lowest BCUT2D eigenvalue weighted by molar-refractivity contribution is 0.669. The van der Waals surface area contributed by atoms with Crippen molar-refractivity contribution in [2.75, 3.05) is 0 Å². The molecule has 0 aliphatic carbocycles. The van der Waals surface area contributed by atoms with E-state index in [1.165, 1.54) is 21.5 Å². The molecule has 0 aliphatic heterocycles. The van der Waals surface area contributed by atoms with Gasteiger partial charge in [-0.15, -0.1) is 5.10 Å². The molecule has 0 fully saturated rings. The third kappa shape index (κ3) is 4.56. The van der Waals surface area contributed by atoms with Crippen LogP contribution in [0.4, 0.5) is 0 Å². The van der Waals surface area contributed by atoms with E-state index in [1.807, 2.05) is 53.2 Å². The molecule has 0 radical (unpaired) electrons. The van der Waals surface area contributed by atoms with Crippen LogP contribution in [-0.4, -0.2) is 23.9 Å². The highest BCUT2D eigenvalue weighted by Crippen LogP contribution is 2.40. The maximum Gasteiger partial charge on any atom is 0.182 e. The van der Waals surface area contributed by atoms with E-state index in [0.29, 0.717) is 5.82 Å². The Labute approximate surface area is 320 Å². The van der Waals surface area contributed by atoms with Gasteiger partial charge in [0.15, 0.2) is 11.6 Å². The third-order valence-corrected chi connectivity index (χ3v) is 11.1. The zero-order valence-electron chi connectivity index (χ0n) is 30.0. The first-order valence-electron chi connectivity index (χ1n) is 18.8. The fourth-order valence-corrected chi connectivity index (χ4v) is 8.58. The van der Waals surface area contributed by atoms with Gasteiger partial charge in [-0.1, -0.05) is 127 Å². The Kier molecular flexibility index (Phi) is 6.53. The van der Waals surface area contributed by atoms with Gasteiger partial charge in [0.05, 0.1) is 27.8 Å². The molecule has 4 heterocycles. The molecule has 6 nitrogen and oxygen atoms in total. The zero-order chi connectivity index (χ0) is 36.7. The quantitative estimate of drug-likeness (QED) is 0.178. The number of rotatable bonds is 5. The first-order valence-corrected chi connectivity index (χ1v) is 18.8. The number of hydrogen-bond donors (Lipinski definition) is 0. The minimum absolute atomic E-state index is 0.684. The van der Waals surface area contributed by atoms with E-state index in [4.69, 9.17) is 14.5 Å². The normalized spacial score (nSPS) is 11.9. The Morgan fingerprint density at radius 3 is 1.68 bits per heavy atom. The molecule has 0 saturated heterocycles. The van der Waals surface area contributed by atoms with Crippen molar-refractivity contribution in [2.24, 2.45) is 0 Å². The summed E-state index contributed by atoms with van der Waals surface area (Å²) in [7, 11) is 0. The minimum atomic E-state index is 0.684. The molecule has 6 heteroatoms. The number of benzene rings is 8. The summed E-state index contributed by atoms with van der Waals surface area (Å²) < 4.78 is 13.1. The Bertz CT molecular complexity index is 3480. The molecule has 4 aromatic heterocycles. The molecule has 262 valence electrons. The van der Waals surface area contributed by atoms with Crippen molar-refractivity contribution in [3.63, 3.8) is 0 Å². The van der Waals surface area contributed by atoms with E-state index in [2.05, 4.69) is 149 Å². The largest absolute Gasteiger partial charge is 0.456 e. The molecule has 0 unspecified atom stereocenters. The Hall–Kier alpha value is -7.70. The van der Waals surface area contributed by atoms with Gasteiger partial charge in [0.2, 0.25) is 0 Å². The summed E-state index contributed by atoms with van der Waals surface area (Å²) in [6.45, 7) is 0. The fourth-order valence-electron chi connectivity index (χ4n) is 8.58. The summed E-state index contributed by atoms with van der Waals surface area (Å²) in [5.41, 5.74) is 11.3. The molecule has 12 rings (SSSR count). The standard InChI is InChI=1S/C50H31N5O/c1-3-14-32(15-4-1)49-51-50(33-16-5-2-6-17-33)55(52-49)36-26-27-39-37-20-7-10-23-43(37)53(45(39)29-36)34-18-13-19-35(28-34)54-44-24-11-8-21-38(44)41-30-42-40-22-9-12-25-47(40)56-48(42)31-46(41)54/h1-31H. The smallest absolute Gasteiger partial charge is 0.182 e. The number of aromatic nitrogens is 5. The number of furan rings is 1. The van der Waals surface area contributed by atoms with Crippen molar-refractivity contribution in [1.82, 2.24) is 23.9 Å². The molecular weight excluding hydrogens is 687 g/mol. The molecule has 0 aliphatic rings. The van der Waals surface area contributed by atoms with E-state index < -0.39 is 0 Å². The van der Waals surface area contributed by atoms with Crippen molar-refractivity contribution < 1.29 is 4.42 Å². The van der Waals surface area contributed by atoms with Crippen LogP contribution in [0.1, 0.15) is 0 Å². The van der Waals surface area contributed by atoms with Crippen molar-refractivity contribution in [2.45, 2.75) is 0 Å². The number of hydrogen-bond acceptors (Lipinski definition) is 3. The van der Waals surface area contributed by atoms with E-state index in [1.54, 1.807) is 0 Å². The van der Waals surface area contributed by atoms with E-state index >= 15 is 0 Å². The van der Waals surface area contributed by atoms with Gasteiger partial charge in [-0.3, -0.25) is 0 Å².